The van der Waals surface area contributed by atoms with Gasteiger partial charge >= 0.3 is 11.9 Å². The molecular weight excluding hydrogens is 250 g/mol. The topological polar surface area (TPSA) is 92.7 Å². The largest absolute Gasteiger partial charge is 0.481 e. The Morgan fingerprint density at radius 3 is 2.58 bits per heavy atom. The van der Waals surface area contributed by atoms with Crippen molar-refractivity contribution in [3.8, 4) is 0 Å². The van der Waals surface area contributed by atoms with E-state index in [4.69, 9.17) is 4.74 Å². The molecule has 2 N–H and O–H groups in total. The lowest BCUT2D eigenvalue weighted by Gasteiger charge is -2.17. The number of nitrogens with one attached hydrogen (secondary N) is 1. The number of aliphatic carboxylic acids is 1. The minimum Gasteiger partial charge on any atom is -0.481 e. The fourth-order valence-corrected chi connectivity index (χ4v) is 2.94. The summed E-state index contributed by atoms with van der Waals surface area (Å²) in [4.78, 5) is 34.7. The van der Waals surface area contributed by atoms with E-state index in [1.54, 1.807) is 0 Å². The van der Waals surface area contributed by atoms with Gasteiger partial charge in [-0.15, -0.1) is 0 Å². The summed E-state index contributed by atoms with van der Waals surface area (Å²) >= 11 is 0. The van der Waals surface area contributed by atoms with Crippen molar-refractivity contribution in [2.45, 2.75) is 38.6 Å². The molecule has 1 saturated carbocycles. The van der Waals surface area contributed by atoms with E-state index in [-0.39, 0.29) is 11.8 Å². The molecular formula is C13H19NO5. The van der Waals surface area contributed by atoms with E-state index in [1.165, 1.54) is 0 Å². The normalized spacial score (nSPS) is 34.1. The molecule has 0 aromatic carbocycles. The number of hydrogen-bond donors (Lipinski definition) is 2. The van der Waals surface area contributed by atoms with Crippen LogP contribution in [0, 0.1) is 17.8 Å². The van der Waals surface area contributed by atoms with Crippen LogP contribution in [-0.2, 0) is 19.1 Å². The van der Waals surface area contributed by atoms with Crippen molar-refractivity contribution in [3.63, 3.8) is 0 Å². The van der Waals surface area contributed by atoms with Gasteiger partial charge in [0.25, 0.3) is 0 Å². The summed E-state index contributed by atoms with van der Waals surface area (Å²) in [6.45, 7) is 2.31. The first-order chi connectivity index (χ1) is 9.02. The van der Waals surface area contributed by atoms with Gasteiger partial charge in [0.2, 0.25) is 5.91 Å². The summed E-state index contributed by atoms with van der Waals surface area (Å²) in [5, 5.41) is 11.8. The second kappa shape index (κ2) is 5.59. The molecule has 2 fully saturated rings. The number of carbonyl (C=O) groups is 3. The van der Waals surface area contributed by atoms with Crippen LogP contribution in [0.3, 0.4) is 0 Å². The highest BCUT2D eigenvalue weighted by Crippen LogP contribution is 2.38. The second-order valence-corrected chi connectivity index (χ2v) is 5.31. The number of carboxylic acid groups (broad SMARTS) is 1. The zero-order chi connectivity index (χ0) is 14.0. The average molecular weight is 269 g/mol. The maximum atomic E-state index is 12.1. The molecule has 1 aliphatic carbocycles. The van der Waals surface area contributed by atoms with Crippen LogP contribution < -0.4 is 5.32 Å². The third-order valence-corrected chi connectivity index (χ3v) is 4.14. The number of carbonyl (C=O) groups excluding carboxylic acids is 2. The van der Waals surface area contributed by atoms with Crippen LogP contribution >= 0.6 is 0 Å². The van der Waals surface area contributed by atoms with Gasteiger partial charge in [-0.25, -0.2) is 4.79 Å². The number of ether oxygens (including phenoxy) is 1. The van der Waals surface area contributed by atoms with Crippen molar-refractivity contribution in [2.24, 2.45) is 17.8 Å². The first kappa shape index (κ1) is 13.8. The molecule has 0 aromatic heterocycles. The Morgan fingerprint density at radius 2 is 2.05 bits per heavy atom. The van der Waals surface area contributed by atoms with Crippen LogP contribution in [0.4, 0.5) is 0 Å². The third kappa shape index (κ3) is 2.88. The van der Waals surface area contributed by atoms with Crippen molar-refractivity contribution in [1.82, 2.24) is 5.32 Å². The number of esters is 1. The molecule has 19 heavy (non-hydrogen) atoms. The zero-order valence-corrected chi connectivity index (χ0v) is 10.9. The maximum Gasteiger partial charge on any atom is 0.328 e. The summed E-state index contributed by atoms with van der Waals surface area (Å²) in [6.07, 6.45) is 2.46. The molecule has 4 atom stereocenters. The molecule has 1 aliphatic heterocycles. The predicted molar refractivity (Wildman–Crippen MR) is 65.1 cm³/mol. The maximum absolute atomic E-state index is 12.1. The highest BCUT2D eigenvalue weighted by molar-refractivity contribution is 5.89. The molecule has 2 aliphatic rings. The summed E-state index contributed by atoms with van der Waals surface area (Å²) in [5.41, 5.74) is 0. The number of cyclic esters (lactones) is 1. The van der Waals surface area contributed by atoms with E-state index in [0.29, 0.717) is 25.9 Å². The molecule has 106 valence electrons. The van der Waals surface area contributed by atoms with Gasteiger partial charge < -0.3 is 15.2 Å². The molecule has 1 saturated heterocycles. The number of hydrogen-bond acceptors (Lipinski definition) is 4. The number of rotatable bonds is 4. The van der Waals surface area contributed by atoms with Crippen LogP contribution in [0.5, 0.6) is 0 Å². The van der Waals surface area contributed by atoms with Crippen molar-refractivity contribution in [1.29, 1.82) is 0 Å². The fraction of sp³-hybridized carbons (Fsp3) is 0.769. The van der Waals surface area contributed by atoms with E-state index in [9.17, 15) is 19.5 Å². The van der Waals surface area contributed by atoms with Gasteiger partial charge in [-0.1, -0.05) is 13.3 Å². The summed E-state index contributed by atoms with van der Waals surface area (Å²) in [7, 11) is 0. The van der Waals surface area contributed by atoms with E-state index in [2.05, 4.69) is 5.32 Å². The Balaban J connectivity index is 2.00. The quantitative estimate of drug-likeness (QED) is 0.727. The monoisotopic (exact) mass is 269 g/mol. The third-order valence-electron chi connectivity index (χ3n) is 4.14. The lowest BCUT2D eigenvalue weighted by molar-refractivity contribution is -0.146. The molecule has 1 heterocycles. The molecule has 0 bridgehead atoms. The number of amides is 1. The molecule has 0 spiro atoms. The van der Waals surface area contributed by atoms with Crippen molar-refractivity contribution >= 4 is 17.8 Å². The van der Waals surface area contributed by atoms with E-state index >= 15 is 0 Å². The smallest absolute Gasteiger partial charge is 0.328 e. The van der Waals surface area contributed by atoms with Gasteiger partial charge in [0.1, 0.15) is 6.04 Å². The Bertz CT molecular complexity index is 394. The minimum absolute atomic E-state index is 0.271. The molecule has 1 amide bonds. The Morgan fingerprint density at radius 1 is 1.37 bits per heavy atom. The Hall–Kier alpha value is -1.59. The second-order valence-electron chi connectivity index (χ2n) is 5.31. The highest BCUT2D eigenvalue weighted by Gasteiger charge is 2.43. The van der Waals surface area contributed by atoms with Crippen LogP contribution in [0.2, 0.25) is 0 Å². The SMILES string of the molecule is CCC1CC(C(=O)O)C(C(=O)NC2CCOC2=O)C1. The van der Waals surface area contributed by atoms with Gasteiger partial charge in [0, 0.05) is 6.42 Å². The van der Waals surface area contributed by atoms with Gasteiger partial charge in [-0.3, -0.25) is 9.59 Å². The first-order valence-electron chi connectivity index (χ1n) is 6.72. The summed E-state index contributed by atoms with van der Waals surface area (Å²) < 4.78 is 4.78. The van der Waals surface area contributed by atoms with Gasteiger partial charge in [0.15, 0.2) is 0 Å². The van der Waals surface area contributed by atoms with Crippen LogP contribution in [0.15, 0.2) is 0 Å². The van der Waals surface area contributed by atoms with Gasteiger partial charge in [0.05, 0.1) is 18.4 Å². The van der Waals surface area contributed by atoms with Crippen LogP contribution in [0.1, 0.15) is 32.6 Å². The molecule has 4 unspecified atom stereocenters. The zero-order valence-electron chi connectivity index (χ0n) is 10.9. The molecule has 2 rings (SSSR count). The van der Waals surface area contributed by atoms with Crippen molar-refractivity contribution in [3.05, 3.63) is 0 Å². The minimum atomic E-state index is -0.926. The van der Waals surface area contributed by atoms with Crippen molar-refractivity contribution in [2.75, 3.05) is 6.61 Å². The van der Waals surface area contributed by atoms with Gasteiger partial charge in [-0.05, 0) is 18.8 Å². The molecule has 0 aromatic rings. The lowest BCUT2D eigenvalue weighted by Crippen LogP contribution is -2.43. The van der Waals surface area contributed by atoms with E-state index < -0.39 is 29.8 Å². The fourth-order valence-electron chi connectivity index (χ4n) is 2.94. The lowest BCUT2D eigenvalue weighted by atomic mass is 9.95. The summed E-state index contributed by atoms with van der Waals surface area (Å²) in [6, 6.07) is -0.609. The Kier molecular flexibility index (Phi) is 4.07. The first-order valence-corrected chi connectivity index (χ1v) is 6.72. The average Bonchev–Trinajstić information content (AvgIpc) is 2.96. The van der Waals surface area contributed by atoms with E-state index in [0.717, 1.165) is 6.42 Å². The number of carboxylic acids is 1. The van der Waals surface area contributed by atoms with E-state index in [1.807, 2.05) is 6.92 Å². The molecule has 0 radical (unpaired) electrons. The Labute approximate surface area is 111 Å². The molecule has 6 heteroatoms. The van der Waals surface area contributed by atoms with Crippen LogP contribution in [-0.4, -0.2) is 35.6 Å². The molecule has 6 nitrogen and oxygen atoms in total. The predicted octanol–water partition coefficient (Wildman–Crippen LogP) is 0.555. The summed E-state index contributed by atoms with van der Waals surface area (Å²) in [5.74, 6) is -2.58. The standard InChI is InChI=1S/C13H19NO5/c1-2-7-5-8(9(6-7)12(16)17)11(15)14-10-3-4-19-13(10)18/h7-10H,2-6H2,1H3,(H,14,15)(H,16,17). The highest BCUT2D eigenvalue weighted by atomic mass is 16.5. The van der Waals surface area contributed by atoms with Crippen LogP contribution in [0.25, 0.3) is 0 Å². The van der Waals surface area contributed by atoms with Gasteiger partial charge in [-0.2, -0.15) is 0 Å². The van der Waals surface area contributed by atoms with Crippen molar-refractivity contribution < 1.29 is 24.2 Å².